The van der Waals surface area contributed by atoms with E-state index in [0.717, 1.165) is 78.4 Å². The van der Waals surface area contributed by atoms with Gasteiger partial charge < -0.3 is 0 Å². The van der Waals surface area contributed by atoms with E-state index in [1.54, 1.807) is 0 Å². The zero-order valence-corrected chi connectivity index (χ0v) is 31.6. The predicted octanol–water partition coefficient (Wildman–Crippen LogP) is 13.8. The molecule has 0 atom stereocenters. The van der Waals surface area contributed by atoms with E-state index in [4.69, 9.17) is 19.9 Å². The molecule has 4 heteroatoms. The van der Waals surface area contributed by atoms with Gasteiger partial charge in [-0.05, 0) is 63.4 Å². The van der Waals surface area contributed by atoms with Gasteiger partial charge in [0.25, 0.3) is 0 Å². The highest BCUT2D eigenvalue weighted by Crippen LogP contribution is 2.36. The predicted molar refractivity (Wildman–Crippen MR) is 239 cm³/mol. The molecule has 0 fully saturated rings. The van der Waals surface area contributed by atoms with E-state index in [-0.39, 0.29) is 0 Å². The zero-order valence-electron chi connectivity index (χ0n) is 31.6. The average Bonchev–Trinajstić information content (AvgIpc) is 3.32. The third-order valence-corrected chi connectivity index (χ3v) is 10.5. The molecule has 0 aliphatic heterocycles. The summed E-state index contributed by atoms with van der Waals surface area (Å²) in [4.78, 5) is 20.4. The molecule has 0 aliphatic carbocycles. The molecule has 58 heavy (non-hydrogen) atoms. The first-order valence-electron chi connectivity index (χ1n) is 19.5. The van der Waals surface area contributed by atoms with Crippen molar-refractivity contribution in [2.75, 3.05) is 0 Å². The lowest BCUT2D eigenvalue weighted by Crippen LogP contribution is -1.96. The van der Waals surface area contributed by atoms with Gasteiger partial charge in [-0.1, -0.05) is 188 Å². The molecule has 8 aromatic carbocycles. The molecule has 0 N–H and O–H groups in total. The lowest BCUT2D eigenvalue weighted by Gasteiger charge is -2.13. The first-order valence-corrected chi connectivity index (χ1v) is 19.5. The van der Waals surface area contributed by atoms with Gasteiger partial charge in [0.2, 0.25) is 0 Å². The minimum Gasteiger partial charge on any atom is -0.228 e. The standard InChI is InChI=1S/C54H36N4/c1-5-16-38(17-6-1)49-35-50(39-18-7-2-8-19-39)56-53(55-49)45-27-13-25-42(32-45)43-31-30-37-24-15-29-47(48(37)34-43)44-26-14-28-46(33-44)54-57-51(40-20-9-3-10-21-40)36-52(58-54)41-22-11-4-12-23-41/h1-36H. The maximum Gasteiger partial charge on any atom is 0.160 e. The molecular weight excluding hydrogens is 705 g/mol. The van der Waals surface area contributed by atoms with Crippen LogP contribution < -0.4 is 0 Å². The van der Waals surface area contributed by atoms with Crippen LogP contribution in [-0.4, -0.2) is 19.9 Å². The molecule has 0 bridgehead atoms. The SMILES string of the molecule is c1ccc(-c2cc(-c3ccccc3)nc(-c3cccc(-c4ccc5cccc(-c6cccc(-c7nc(-c8ccccc8)cc(-c8ccccc8)n7)c6)c5c4)c3)n2)cc1. The molecule has 0 aliphatic rings. The van der Waals surface area contributed by atoms with Crippen molar-refractivity contribution in [2.45, 2.75) is 0 Å². The summed E-state index contributed by atoms with van der Waals surface area (Å²) in [5, 5.41) is 2.34. The second-order valence-corrected chi connectivity index (χ2v) is 14.3. The maximum absolute atomic E-state index is 5.11. The van der Waals surface area contributed by atoms with Crippen LogP contribution in [-0.2, 0) is 0 Å². The van der Waals surface area contributed by atoms with Crippen molar-refractivity contribution >= 4 is 10.8 Å². The Morgan fingerprint density at radius 2 is 0.586 bits per heavy atom. The molecule has 10 aromatic rings. The Bertz CT molecular complexity index is 2920. The Morgan fingerprint density at radius 1 is 0.224 bits per heavy atom. The van der Waals surface area contributed by atoms with Crippen molar-refractivity contribution < 1.29 is 0 Å². The molecule has 0 radical (unpaired) electrons. The summed E-state index contributed by atoms with van der Waals surface area (Å²) >= 11 is 0. The smallest absolute Gasteiger partial charge is 0.160 e. The van der Waals surface area contributed by atoms with Gasteiger partial charge in [-0.15, -0.1) is 0 Å². The van der Waals surface area contributed by atoms with E-state index in [0.29, 0.717) is 11.6 Å². The minimum atomic E-state index is 0.689. The summed E-state index contributed by atoms with van der Waals surface area (Å²) in [5.41, 5.74) is 14.1. The maximum atomic E-state index is 5.11. The monoisotopic (exact) mass is 740 g/mol. The van der Waals surface area contributed by atoms with E-state index in [2.05, 4.69) is 146 Å². The highest BCUT2D eigenvalue weighted by molar-refractivity contribution is 5.99. The van der Waals surface area contributed by atoms with Gasteiger partial charge in [-0.25, -0.2) is 19.9 Å². The van der Waals surface area contributed by atoms with Gasteiger partial charge in [0.1, 0.15) is 0 Å². The van der Waals surface area contributed by atoms with Gasteiger partial charge in [0, 0.05) is 33.4 Å². The fourth-order valence-electron chi connectivity index (χ4n) is 7.55. The summed E-state index contributed by atoms with van der Waals surface area (Å²) in [7, 11) is 0. The zero-order chi connectivity index (χ0) is 38.7. The summed E-state index contributed by atoms with van der Waals surface area (Å²) in [6.45, 7) is 0. The Hall–Kier alpha value is -7.82. The molecule has 0 amide bonds. The number of benzene rings is 8. The quantitative estimate of drug-likeness (QED) is 0.156. The lowest BCUT2D eigenvalue weighted by atomic mass is 9.93. The van der Waals surface area contributed by atoms with E-state index >= 15 is 0 Å². The topological polar surface area (TPSA) is 51.6 Å². The number of aromatic nitrogens is 4. The van der Waals surface area contributed by atoms with Crippen LogP contribution >= 0.6 is 0 Å². The molecule has 0 saturated carbocycles. The van der Waals surface area contributed by atoms with Crippen molar-refractivity contribution in [3.05, 3.63) is 218 Å². The van der Waals surface area contributed by atoms with E-state index in [9.17, 15) is 0 Å². The molecule has 0 saturated heterocycles. The molecule has 10 rings (SSSR count). The molecule has 0 unspecified atom stereocenters. The van der Waals surface area contributed by atoms with Gasteiger partial charge in [-0.3, -0.25) is 0 Å². The Morgan fingerprint density at radius 3 is 1.05 bits per heavy atom. The van der Waals surface area contributed by atoms with Gasteiger partial charge >= 0.3 is 0 Å². The third kappa shape index (κ3) is 7.07. The molecule has 2 aromatic heterocycles. The average molecular weight is 741 g/mol. The van der Waals surface area contributed by atoms with Crippen LogP contribution in [0, 0.1) is 0 Å². The second kappa shape index (κ2) is 15.4. The van der Waals surface area contributed by atoms with Crippen molar-refractivity contribution in [1.82, 2.24) is 19.9 Å². The van der Waals surface area contributed by atoms with Gasteiger partial charge in [-0.2, -0.15) is 0 Å². The number of hydrogen-bond acceptors (Lipinski definition) is 4. The number of rotatable bonds is 8. The molecule has 0 spiro atoms. The highest BCUT2D eigenvalue weighted by Gasteiger charge is 2.15. The Labute approximate surface area is 337 Å². The van der Waals surface area contributed by atoms with E-state index in [1.165, 1.54) is 10.8 Å². The Balaban J connectivity index is 1.04. The van der Waals surface area contributed by atoms with Crippen LogP contribution in [0.2, 0.25) is 0 Å². The summed E-state index contributed by atoms with van der Waals surface area (Å²) in [6.07, 6.45) is 0. The first kappa shape index (κ1) is 34.7. The number of hydrogen-bond donors (Lipinski definition) is 0. The molecule has 2 heterocycles. The van der Waals surface area contributed by atoms with Crippen LogP contribution in [0.1, 0.15) is 0 Å². The normalized spacial score (nSPS) is 11.1. The van der Waals surface area contributed by atoms with E-state index in [1.807, 2.05) is 72.8 Å². The van der Waals surface area contributed by atoms with Crippen LogP contribution in [0.15, 0.2) is 218 Å². The Kier molecular flexibility index (Phi) is 9.18. The number of fused-ring (bicyclic) bond motifs is 1. The summed E-state index contributed by atoms with van der Waals surface area (Å²) in [6, 6.07) is 75.7. The third-order valence-electron chi connectivity index (χ3n) is 10.5. The minimum absolute atomic E-state index is 0.689. The largest absolute Gasteiger partial charge is 0.228 e. The summed E-state index contributed by atoms with van der Waals surface area (Å²) < 4.78 is 0. The van der Waals surface area contributed by atoms with Crippen molar-refractivity contribution in [3.8, 4) is 90.1 Å². The molecular formula is C54H36N4. The summed E-state index contributed by atoms with van der Waals surface area (Å²) in [5.74, 6) is 1.38. The second-order valence-electron chi connectivity index (χ2n) is 14.3. The fraction of sp³-hybridized carbons (Fsp3) is 0. The van der Waals surface area contributed by atoms with Crippen molar-refractivity contribution in [3.63, 3.8) is 0 Å². The number of nitrogens with zero attached hydrogens (tertiary/aromatic N) is 4. The van der Waals surface area contributed by atoms with Crippen LogP contribution in [0.5, 0.6) is 0 Å². The van der Waals surface area contributed by atoms with Crippen molar-refractivity contribution in [1.29, 1.82) is 0 Å². The van der Waals surface area contributed by atoms with Gasteiger partial charge in [0.15, 0.2) is 11.6 Å². The van der Waals surface area contributed by atoms with Crippen LogP contribution in [0.3, 0.4) is 0 Å². The van der Waals surface area contributed by atoms with Crippen molar-refractivity contribution in [2.24, 2.45) is 0 Å². The lowest BCUT2D eigenvalue weighted by molar-refractivity contribution is 1.18. The highest BCUT2D eigenvalue weighted by atomic mass is 14.9. The molecule has 4 nitrogen and oxygen atoms in total. The first-order chi connectivity index (χ1) is 28.7. The van der Waals surface area contributed by atoms with Gasteiger partial charge in [0.05, 0.1) is 22.8 Å². The van der Waals surface area contributed by atoms with Crippen LogP contribution in [0.4, 0.5) is 0 Å². The van der Waals surface area contributed by atoms with E-state index < -0.39 is 0 Å². The molecule has 272 valence electrons. The fourth-order valence-corrected chi connectivity index (χ4v) is 7.55. The van der Waals surface area contributed by atoms with Crippen LogP contribution in [0.25, 0.3) is 101 Å².